The quantitative estimate of drug-likeness (QED) is 0.876. The summed E-state index contributed by atoms with van der Waals surface area (Å²) in [5.74, 6) is 0. The molecule has 2 N–H and O–H groups in total. The van der Waals surface area contributed by atoms with Crippen molar-refractivity contribution in [1.82, 2.24) is 0 Å². The van der Waals surface area contributed by atoms with Crippen LogP contribution in [0, 0.1) is 6.92 Å². The van der Waals surface area contributed by atoms with Gasteiger partial charge in [-0.05, 0) is 42.7 Å². The molecule has 6 heteroatoms. The summed E-state index contributed by atoms with van der Waals surface area (Å²) >= 11 is 6.02. The Kier molecular flexibility index (Phi) is 5.11. The van der Waals surface area contributed by atoms with Gasteiger partial charge in [0.05, 0.1) is 17.2 Å². The number of aryl methyl sites for hydroxylation is 2. The Morgan fingerprint density at radius 2 is 1.77 bits per heavy atom. The van der Waals surface area contributed by atoms with Gasteiger partial charge in [-0.25, -0.2) is 8.42 Å². The summed E-state index contributed by atoms with van der Waals surface area (Å²) in [4.78, 5) is 0.174. The molecule has 0 heterocycles. The number of aliphatic hydroxyl groups is 1. The predicted molar refractivity (Wildman–Crippen MR) is 88.7 cm³/mol. The Labute approximate surface area is 135 Å². The molecule has 0 bridgehead atoms. The number of halogens is 1. The van der Waals surface area contributed by atoms with Gasteiger partial charge in [0.2, 0.25) is 0 Å². The van der Waals surface area contributed by atoms with E-state index < -0.39 is 10.0 Å². The molecule has 0 aromatic heterocycles. The van der Waals surface area contributed by atoms with Crippen molar-refractivity contribution >= 4 is 27.3 Å². The van der Waals surface area contributed by atoms with Crippen molar-refractivity contribution in [2.45, 2.75) is 31.8 Å². The number of sulfonamides is 1. The SMILES string of the molecule is CCc1ccc(S(=O)(=O)Nc2c(C)ccc(Cl)c2CO)cc1. The second-order valence-corrected chi connectivity index (χ2v) is 7.07. The van der Waals surface area contributed by atoms with Crippen molar-refractivity contribution < 1.29 is 13.5 Å². The topological polar surface area (TPSA) is 66.4 Å². The monoisotopic (exact) mass is 339 g/mol. The van der Waals surface area contributed by atoms with E-state index in [4.69, 9.17) is 11.6 Å². The number of hydrogen-bond donors (Lipinski definition) is 2. The van der Waals surface area contributed by atoms with Crippen molar-refractivity contribution in [3.05, 3.63) is 58.1 Å². The predicted octanol–water partition coefficient (Wildman–Crippen LogP) is 3.50. The molecule has 2 rings (SSSR count). The van der Waals surface area contributed by atoms with Gasteiger partial charge in [-0.1, -0.05) is 36.7 Å². The fraction of sp³-hybridized carbons (Fsp3) is 0.250. The summed E-state index contributed by atoms with van der Waals surface area (Å²) in [6.07, 6.45) is 0.843. The van der Waals surface area contributed by atoms with Crippen molar-refractivity contribution in [2.75, 3.05) is 4.72 Å². The largest absolute Gasteiger partial charge is 0.392 e. The highest BCUT2D eigenvalue weighted by atomic mass is 35.5. The van der Waals surface area contributed by atoms with Crippen molar-refractivity contribution in [2.24, 2.45) is 0 Å². The van der Waals surface area contributed by atoms with Gasteiger partial charge in [-0.2, -0.15) is 0 Å². The lowest BCUT2D eigenvalue weighted by Crippen LogP contribution is -2.15. The van der Waals surface area contributed by atoms with E-state index in [-0.39, 0.29) is 11.5 Å². The van der Waals surface area contributed by atoms with E-state index in [0.29, 0.717) is 21.8 Å². The van der Waals surface area contributed by atoms with Gasteiger partial charge in [0.15, 0.2) is 0 Å². The Balaban J connectivity index is 2.42. The highest BCUT2D eigenvalue weighted by molar-refractivity contribution is 7.92. The molecule has 0 aliphatic carbocycles. The van der Waals surface area contributed by atoms with E-state index in [9.17, 15) is 13.5 Å². The van der Waals surface area contributed by atoms with Crippen LogP contribution in [0.3, 0.4) is 0 Å². The fourth-order valence-electron chi connectivity index (χ4n) is 2.13. The fourth-order valence-corrected chi connectivity index (χ4v) is 3.52. The van der Waals surface area contributed by atoms with E-state index in [0.717, 1.165) is 12.0 Å². The van der Waals surface area contributed by atoms with Crippen molar-refractivity contribution in [3.63, 3.8) is 0 Å². The standard InChI is InChI=1S/C16H18ClNO3S/c1-3-12-5-7-13(8-6-12)22(20,21)18-16-11(2)4-9-15(17)14(16)10-19/h4-9,18-19H,3,10H2,1-2H3. The Morgan fingerprint density at radius 3 is 2.32 bits per heavy atom. The molecule has 0 unspecified atom stereocenters. The highest BCUT2D eigenvalue weighted by Gasteiger charge is 2.18. The van der Waals surface area contributed by atoms with E-state index in [1.165, 1.54) is 0 Å². The minimum Gasteiger partial charge on any atom is -0.392 e. The summed E-state index contributed by atoms with van der Waals surface area (Å²) in [5.41, 5.74) is 2.46. The average Bonchev–Trinajstić information content (AvgIpc) is 2.51. The lowest BCUT2D eigenvalue weighted by atomic mass is 10.1. The molecule has 22 heavy (non-hydrogen) atoms. The third kappa shape index (κ3) is 3.43. The van der Waals surface area contributed by atoms with E-state index in [2.05, 4.69) is 4.72 Å². The molecule has 0 radical (unpaired) electrons. The van der Waals surface area contributed by atoms with Gasteiger partial charge in [0.25, 0.3) is 10.0 Å². The summed E-state index contributed by atoms with van der Waals surface area (Å²) in [5, 5.41) is 9.77. The van der Waals surface area contributed by atoms with Crippen LogP contribution in [0.1, 0.15) is 23.6 Å². The number of anilines is 1. The maximum atomic E-state index is 12.5. The van der Waals surface area contributed by atoms with E-state index >= 15 is 0 Å². The first-order chi connectivity index (χ1) is 10.4. The number of rotatable bonds is 5. The molecule has 118 valence electrons. The molecule has 0 aliphatic heterocycles. The molecule has 0 amide bonds. The molecule has 0 spiro atoms. The number of benzene rings is 2. The minimum absolute atomic E-state index is 0.174. The van der Waals surface area contributed by atoms with Crippen LogP contribution in [-0.4, -0.2) is 13.5 Å². The molecule has 0 atom stereocenters. The van der Waals surface area contributed by atoms with Gasteiger partial charge >= 0.3 is 0 Å². The zero-order valence-corrected chi connectivity index (χ0v) is 14.0. The zero-order valence-electron chi connectivity index (χ0n) is 12.4. The van der Waals surface area contributed by atoms with Crippen LogP contribution >= 0.6 is 11.6 Å². The molecule has 2 aromatic carbocycles. The summed E-state index contributed by atoms with van der Waals surface area (Å²) in [6, 6.07) is 10.0. The molecular weight excluding hydrogens is 322 g/mol. The first-order valence-electron chi connectivity index (χ1n) is 6.89. The smallest absolute Gasteiger partial charge is 0.261 e. The molecule has 0 saturated carbocycles. The van der Waals surface area contributed by atoms with Crippen molar-refractivity contribution in [1.29, 1.82) is 0 Å². The first kappa shape index (κ1) is 16.8. The molecule has 4 nitrogen and oxygen atoms in total. The molecule has 0 aliphatic rings. The van der Waals surface area contributed by atoms with Crippen LogP contribution in [0.4, 0.5) is 5.69 Å². The van der Waals surface area contributed by atoms with Gasteiger partial charge in [0.1, 0.15) is 0 Å². The van der Waals surface area contributed by atoms with Gasteiger partial charge in [-0.15, -0.1) is 0 Å². The second-order valence-electron chi connectivity index (χ2n) is 4.98. The third-order valence-corrected chi connectivity index (χ3v) is 5.22. The van der Waals surface area contributed by atoms with Crippen molar-refractivity contribution in [3.8, 4) is 0 Å². The third-order valence-electron chi connectivity index (χ3n) is 3.50. The molecule has 0 saturated heterocycles. The summed E-state index contributed by atoms with van der Waals surface area (Å²) < 4.78 is 27.5. The van der Waals surface area contributed by atoms with Crippen LogP contribution < -0.4 is 4.72 Å². The number of aliphatic hydroxyl groups excluding tert-OH is 1. The molecule has 0 fully saturated rings. The maximum Gasteiger partial charge on any atom is 0.261 e. The van der Waals surface area contributed by atoms with Crippen LogP contribution in [-0.2, 0) is 23.1 Å². The Morgan fingerprint density at radius 1 is 1.14 bits per heavy atom. The van der Waals surface area contributed by atoms with Gasteiger partial charge in [0, 0.05) is 10.6 Å². The normalized spacial score (nSPS) is 11.5. The Hall–Kier alpha value is -1.56. The number of hydrogen-bond acceptors (Lipinski definition) is 3. The second kappa shape index (κ2) is 6.69. The first-order valence-corrected chi connectivity index (χ1v) is 8.75. The molecular formula is C16H18ClNO3S. The van der Waals surface area contributed by atoms with Crippen LogP contribution in [0.5, 0.6) is 0 Å². The van der Waals surface area contributed by atoms with E-state index in [1.54, 1.807) is 43.3 Å². The summed E-state index contributed by atoms with van der Waals surface area (Å²) in [6.45, 7) is 3.42. The lowest BCUT2D eigenvalue weighted by Gasteiger charge is -2.15. The number of nitrogens with one attached hydrogen (secondary N) is 1. The Bertz CT molecular complexity index is 771. The summed E-state index contributed by atoms with van der Waals surface area (Å²) in [7, 11) is -3.73. The minimum atomic E-state index is -3.73. The zero-order chi connectivity index (χ0) is 16.3. The van der Waals surface area contributed by atoms with Gasteiger partial charge < -0.3 is 5.11 Å². The molecule has 2 aromatic rings. The average molecular weight is 340 g/mol. The van der Waals surface area contributed by atoms with E-state index in [1.807, 2.05) is 6.92 Å². The van der Waals surface area contributed by atoms with Crippen LogP contribution in [0.2, 0.25) is 5.02 Å². The van der Waals surface area contributed by atoms with Crippen LogP contribution in [0.25, 0.3) is 0 Å². The van der Waals surface area contributed by atoms with Gasteiger partial charge in [-0.3, -0.25) is 4.72 Å². The van der Waals surface area contributed by atoms with Crippen LogP contribution in [0.15, 0.2) is 41.3 Å². The highest BCUT2D eigenvalue weighted by Crippen LogP contribution is 2.30. The lowest BCUT2D eigenvalue weighted by molar-refractivity contribution is 0.282. The maximum absolute atomic E-state index is 12.5.